The fourth-order valence-corrected chi connectivity index (χ4v) is 15.0. The Morgan fingerprint density at radius 2 is 0.569 bits per heavy atom. The van der Waals surface area contributed by atoms with Gasteiger partial charge in [-0.05, 0) is 150 Å². The second kappa shape index (κ2) is 37.6. The summed E-state index contributed by atoms with van der Waals surface area (Å²) >= 11 is 0. The number of rotatable bonds is 16. The Kier molecular flexibility index (Phi) is 26.2. The van der Waals surface area contributed by atoms with Crippen LogP contribution in [0, 0.1) is 71.7 Å². The van der Waals surface area contributed by atoms with Crippen molar-refractivity contribution < 1.29 is 39.9 Å². The van der Waals surface area contributed by atoms with Gasteiger partial charge in [0.1, 0.15) is 74.8 Å². The van der Waals surface area contributed by atoms with Crippen LogP contribution < -0.4 is 18.3 Å². The minimum Gasteiger partial charge on any atom is -0.217 e. The third-order valence-electron chi connectivity index (χ3n) is 22.0. The van der Waals surface area contributed by atoms with Gasteiger partial charge >= 0.3 is 0 Å². The van der Waals surface area contributed by atoms with Gasteiger partial charge in [0.25, 0.3) is 0 Å². The summed E-state index contributed by atoms with van der Waals surface area (Å²) in [6, 6.07) is 44.3. The Morgan fingerprint density at radius 1 is 0.268 bits per heavy atom. The first-order chi connectivity index (χ1) is 59.5. The third-order valence-corrected chi connectivity index (χ3v) is 22.0. The quantitative estimate of drug-likeness (QED) is 0.0663. The molecule has 0 aliphatic carbocycles. The highest BCUT2D eigenvalue weighted by atomic mass is 19.1. The molecule has 0 aliphatic heterocycles. The number of pyridine rings is 4. The van der Waals surface area contributed by atoms with Crippen LogP contribution in [0.1, 0.15) is 248 Å². The number of aromatic nitrogens is 16. The smallest absolute Gasteiger partial charge is 0.217 e. The van der Waals surface area contributed by atoms with Crippen molar-refractivity contribution in [2.45, 2.75) is 207 Å². The van der Waals surface area contributed by atoms with Crippen molar-refractivity contribution in [3.63, 3.8) is 0 Å². The molecule has 0 amide bonds. The van der Waals surface area contributed by atoms with Crippen molar-refractivity contribution in [3.05, 3.63) is 273 Å². The van der Waals surface area contributed by atoms with Gasteiger partial charge in [0.15, 0.2) is 71.4 Å². The number of hydrogen-bond donors (Lipinski definition) is 0. The van der Waals surface area contributed by atoms with Crippen molar-refractivity contribution in [1.82, 2.24) is 59.8 Å². The predicted octanol–water partition coefficient (Wildman–Crippen LogP) is 23.3. The van der Waals surface area contributed by atoms with Gasteiger partial charge in [-0.25, -0.2) is 59.8 Å². The van der Waals surface area contributed by atoms with Crippen LogP contribution in [-0.4, -0.2) is 59.8 Å². The fourth-order valence-electron chi connectivity index (χ4n) is 15.0. The molecule has 20 heteroatoms. The van der Waals surface area contributed by atoms with E-state index in [-0.39, 0.29) is 70.4 Å². The van der Waals surface area contributed by atoms with Crippen molar-refractivity contribution in [3.8, 4) is 90.6 Å². The number of nitrogens with zero attached hydrogens (tertiary/aromatic N) is 16. The molecule has 16 nitrogen and oxygen atoms in total. The zero-order valence-electron chi connectivity index (χ0n) is 78.9. The second-order valence-electron chi connectivity index (χ2n) is 34.8. The van der Waals surface area contributed by atoms with Crippen molar-refractivity contribution in [2.75, 3.05) is 0 Å². The lowest BCUT2D eigenvalue weighted by Gasteiger charge is -2.14. The summed E-state index contributed by atoms with van der Waals surface area (Å²) < 4.78 is 93.1. The number of hydrogen-bond acceptors (Lipinski definition) is 12. The standard InChI is InChI=1S/C27H30FN4.2C26H28FN4.C24H30FN4/c1-15(2)25-29-26(16(3)4)31-27(30-25)20-13-22(28)24(32(7)14-20)23-18(6)17(5)12-19-10-8-9-11-21(19)23;1-15(2)24-28-25(16(3)4)30-26(29-24)20-13-22(27)23(31(6)14-20)21-12-19-10-8-7-9-18(19)11-17(21)5;1-15(2)24-28-25(16(3)4)30-26(29-24)19-13-21(27)23(31(6)14-19)22-17(5)11-12-18-9-7-8-10-20(18)22;1-13(2)22-26-23(14(3)4)28-24(27-22)18-11-20(25)21(29(8)12-18)19-10-15(5)9-16(6)17(19)7/h8-16H,1-7H3;2*7-16H,1-6H3;9-14H,1-8H3/q4*+1/i;;;6D3. The predicted molar refractivity (Wildman–Crippen MR) is 486 cm³/mol. The monoisotopic (exact) mass is 1660 g/mol. The van der Waals surface area contributed by atoms with Gasteiger partial charge in [-0.1, -0.05) is 219 Å². The molecular weight excluding hydrogens is 1540 g/mol. The minimum absolute atomic E-state index is 0.111. The molecule has 0 radical (unpaired) electrons. The van der Waals surface area contributed by atoms with E-state index < -0.39 is 12.7 Å². The summed E-state index contributed by atoms with van der Waals surface area (Å²) in [6.45, 7) is 42.1. The lowest BCUT2D eigenvalue weighted by atomic mass is 9.92. The molecule has 0 spiro atoms. The topological polar surface area (TPSA) is 170 Å². The maximum Gasteiger partial charge on any atom is 0.249 e. The summed E-state index contributed by atoms with van der Waals surface area (Å²) in [6.07, 6.45) is 7.50. The Hall–Kier alpha value is -12.3. The van der Waals surface area contributed by atoms with Gasteiger partial charge in [0.2, 0.25) is 22.8 Å². The van der Waals surface area contributed by atoms with Gasteiger partial charge in [-0.3, -0.25) is 0 Å². The second-order valence-corrected chi connectivity index (χ2v) is 34.8. The lowest BCUT2D eigenvalue weighted by molar-refractivity contribution is -0.661. The summed E-state index contributed by atoms with van der Waals surface area (Å²) in [5.74, 6) is 7.52. The van der Waals surface area contributed by atoms with Gasteiger partial charge in [-0.15, -0.1) is 0 Å². The third kappa shape index (κ3) is 19.8. The van der Waals surface area contributed by atoms with Gasteiger partial charge in [-0.2, -0.15) is 35.8 Å². The van der Waals surface area contributed by atoms with Crippen LogP contribution in [0.4, 0.5) is 17.6 Å². The lowest BCUT2D eigenvalue weighted by Crippen LogP contribution is -2.32. The van der Waals surface area contributed by atoms with Crippen molar-refractivity contribution in [1.29, 1.82) is 0 Å². The fraction of sp³-hybridized carbons (Fsp3) is 0.340. The highest BCUT2D eigenvalue weighted by Gasteiger charge is 2.31. The number of benzene rings is 7. The first kappa shape index (κ1) is 85.7. The van der Waals surface area contributed by atoms with E-state index in [4.69, 9.17) is 4.11 Å². The average molecular weight is 1660 g/mol. The summed E-state index contributed by atoms with van der Waals surface area (Å²) in [4.78, 5) is 55.3. The largest absolute Gasteiger partial charge is 0.249 e. The molecule has 0 unspecified atom stereocenters. The molecule has 632 valence electrons. The molecule has 15 rings (SSSR count). The Morgan fingerprint density at radius 3 is 0.919 bits per heavy atom. The molecule has 8 aromatic heterocycles. The Bertz CT molecular complexity index is 6440. The van der Waals surface area contributed by atoms with Gasteiger partial charge in [0, 0.05) is 51.5 Å². The van der Waals surface area contributed by atoms with E-state index in [1.165, 1.54) is 12.1 Å². The first-order valence-corrected chi connectivity index (χ1v) is 42.4. The molecule has 0 saturated heterocycles. The molecule has 0 fully saturated rings. The van der Waals surface area contributed by atoms with Crippen LogP contribution in [0.15, 0.2) is 164 Å². The van der Waals surface area contributed by atoms with E-state index in [1.807, 2.05) is 156 Å². The zero-order chi connectivity index (χ0) is 91.7. The minimum atomic E-state index is -2.27. The van der Waals surface area contributed by atoms with E-state index >= 15 is 17.6 Å². The maximum absolute atomic E-state index is 15.7. The van der Waals surface area contributed by atoms with Gasteiger partial charge in [0.05, 0.1) is 44.5 Å². The average Bonchev–Trinajstić information content (AvgIpc) is 1.69. The van der Waals surface area contributed by atoms with Crippen LogP contribution in [0.25, 0.3) is 123 Å². The molecule has 123 heavy (non-hydrogen) atoms. The summed E-state index contributed by atoms with van der Waals surface area (Å²) in [5.41, 5.74) is 13.6. The molecule has 0 aliphatic rings. The van der Waals surface area contributed by atoms with Crippen LogP contribution in [0.3, 0.4) is 0 Å². The maximum atomic E-state index is 15.7. The molecule has 8 heterocycles. The zero-order valence-corrected chi connectivity index (χ0v) is 75.9. The molecule has 0 bridgehead atoms. The van der Waals surface area contributed by atoms with E-state index in [0.29, 0.717) is 91.1 Å². The molecule has 0 saturated carbocycles. The van der Waals surface area contributed by atoms with Crippen LogP contribution in [-0.2, 0) is 28.2 Å². The van der Waals surface area contributed by atoms with Crippen molar-refractivity contribution in [2.24, 2.45) is 28.2 Å². The molecule has 15 aromatic rings. The first-order valence-electron chi connectivity index (χ1n) is 43.9. The number of aryl methyl sites for hydroxylation is 9. The Labute approximate surface area is 726 Å². The molecule has 7 aromatic carbocycles. The van der Waals surface area contributed by atoms with Crippen LogP contribution in [0.2, 0.25) is 0 Å². The SMILES string of the molecule is Cc1cc2ccccc2c(-c2c(F)cc(-c3nc(C(C)C)nc(C(C)C)n3)c[n+]2C)c1C.Cc1cc2ccccc2cc1-c1c(F)cc(-c2nc(C(C)C)nc(C(C)C)n2)c[n+]1C.Cc1ccc2ccccc2c1-c1c(F)cc(-c2nc(C(C)C)nc(C(C)C)n2)c[n+]1C.[2H]C([2H])([2H])c1cc(C)cc(-c2c(F)cc(-c3nc(C(C)C)nc(C(C)C)n3)c[n+]2C)c1C. The number of halogens is 4. The van der Waals surface area contributed by atoms with E-state index in [1.54, 1.807) is 42.9 Å². The van der Waals surface area contributed by atoms with Crippen LogP contribution in [0.5, 0.6) is 0 Å². The van der Waals surface area contributed by atoms with Gasteiger partial charge < -0.3 is 0 Å². The van der Waals surface area contributed by atoms with E-state index in [0.717, 1.165) is 112 Å². The summed E-state index contributed by atoms with van der Waals surface area (Å²) in [7, 11) is 7.36. The molecule has 0 N–H and O–H groups in total. The van der Waals surface area contributed by atoms with E-state index in [9.17, 15) is 0 Å². The van der Waals surface area contributed by atoms with Crippen molar-refractivity contribution >= 4 is 32.3 Å². The van der Waals surface area contributed by atoms with Crippen LogP contribution >= 0.6 is 0 Å². The molecule has 0 atom stereocenters. The highest BCUT2D eigenvalue weighted by Crippen LogP contribution is 2.39. The highest BCUT2D eigenvalue weighted by molar-refractivity contribution is 5.99. The summed E-state index contributed by atoms with van der Waals surface area (Å²) in [5, 5.41) is 6.52. The molecular formula is C103H116F4N16+4. The number of fused-ring (bicyclic) bond motifs is 3. The van der Waals surface area contributed by atoms with E-state index in [2.05, 4.69) is 211 Å². The normalized spacial score (nSPS) is 12.1. The Balaban J connectivity index is 0.000000153.